The fraction of sp³-hybridized carbons (Fsp3) is 0.610. The van der Waals surface area contributed by atoms with Crippen molar-refractivity contribution in [2.45, 2.75) is 92.1 Å². The molecular formula is C41H56ClN5O6. The SMILES string of the molecule is CC(C)(C)[C@H](NC(=O)CN1CCN(CCCc2ccc(C(=O)O[C@H]3C(C)(C)[C@H](Oc4ccc(C#N)c(Cl)c4)C3(C)C)cc2)CC1)C(=O)N1CC[C@@H](O)C1. The number of halogens is 1. The van der Waals surface area contributed by atoms with Gasteiger partial charge in [-0.15, -0.1) is 0 Å². The van der Waals surface area contributed by atoms with Crippen LogP contribution in [0.25, 0.3) is 0 Å². The molecule has 2 N–H and O–H groups in total. The lowest BCUT2D eigenvalue weighted by Crippen LogP contribution is -2.70. The van der Waals surface area contributed by atoms with Crippen molar-refractivity contribution in [3.8, 4) is 11.8 Å². The highest BCUT2D eigenvalue weighted by Crippen LogP contribution is 2.57. The van der Waals surface area contributed by atoms with Crippen LogP contribution in [0.15, 0.2) is 42.5 Å². The van der Waals surface area contributed by atoms with Crippen molar-refractivity contribution < 1.29 is 29.0 Å². The molecule has 0 radical (unpaired) electrons. The normalized spacial score (nSPS) is 23.4. The van der Waals surface area contributed by atoms with E-state index in [2.05, 4.69) is 21.2 Å². The van der Waals surface area contributed by atoms with Gasteiger partial charge in [0.1, 0.15) is 30.1 Å². The molecule has 2 heterocycles. The molecule has 1 saturated carbocycles. The number of aliphatic hydroxyl groups excluding tert-OH is 1. The number of rotatable bonds is 12. The Morgan fingerprint density at radius 3 is 2.19 bits per heavy atom. The Bertz CT molecular complexity index is 1660. The van der Waals surface area contributed by atoms with Gasteiger partial charge in [-0.25, -0.2) is 4.79 Å². The number of carbonyl (C=O) groups excluding carboxylic acids is 3. The van der Waals surface area contributed by atoms with Crippen molar-refractivity contribution in [1.29, 1.82) is 5.26 Å². The summed E-state index contributed by atoms with van der Waals surface area (Å²) in [5, 5.41) is 22.4. The van der Waals surface area contributed by atoms with Crippen molar-refractivity contribution in [3.05, 3.63) is 64.2 Å². The van der Waals surface area contributed by atoms with E-state index in [1.165, 1.54) is 0 Å². The van der Waals surface area contributed by atoms with E-state index in [1.54, 1.807) is 23.1 Å². The molecule has 0 unspecified atom stereocenters. The summed E-state index contributed by atoms with van der Waals surface area (Å²) in [7, 11) is 0. The number of piperazine rings is 1. The number of nitrogens with zero attached hydrogens (tertiary/aromatic N) is 4. The third-order valence-corrected chi connectivity index (χ3v) is 11.4. The predicted octanol–water partition coefficient (Wildman–Crippen LogP) is 4.92. The number of carbonyl (C=O) groups is 3. The van der Waals surface area contributed by atoms with Gasteiger partial charge in [0, 0.05) is 56.2 Å². The van der Waals surface area contributed by atoms with Crippen LogP contribution in [-0.4, -0.2) is 114 Å². The smallest absolute Gasteiger partial charge is 0.338 e. The van der Waals surface area contributed by atoms with Gasteiger partial charge in [0.2, 0.25) is 11.8 Å². The maximum Gasteiger partial charge on any atom is 0.338 e. The summed E-state index contributed by atoms with van der Waals surface area (Å²) in [6.07, 6.45) is 1.33. The van der Waals surface area contributed by atoms with Gasteiger partial charge in [-0.05, 0) is 61.1 Å². The molecule has 2 saturated heterocycles. The first-order valence-corrected chi connectivity index (χ1v) is 19.1. The van der Waals surface area contributed by atoms with Crippen molar-refractivity contribution in [1.82, 2.24) is 20.0 Å². The van der Waals surface area contributed by atoms with Gasteiger partial charge in [0.15, 0.2) is 0 Å². The molecule has 3 aliphatic rings. The van der Waals surface area contributed by atoms with Gasteiger partial charge < -0.3 is 29.7 Å². The second-order valence-electron chi connectivity index (χ2n) is 17.2. The summed E-state index contributed by atoms with van der Waals surface area (Å²) in [4.78, 5) is 45.7. The topological polar surface area (TPSA) is 135 Å². The van der Waals surface area contributed by atoms with Crippen LogP contribution in [0.3, 0.4) is 0 Å². The van der Waals surface area contributed by atoms with E-state index < -0.39 is 28.4 Å². The fourth-order valence-corrected chi connectivity index (χ4v) is 8.56. The lowest BCUT2D eigenvalue weighted by Gasteiger charge is -2.61. The molecule has 288 valence electrons. The number of benzene rings is 2. The van der Waals surface area contributed by atoms with Crippen LogP contribution in [-0.2, 0) is 20.7 Å². The molecule has 53 heavy (non-hydrogen) atoms. The summed E-state index contributed by atoms with van der Waals surface area (Å²) in [5.41, 5.74) is 0.705. The molecule has 1 aliphatic carbocycles. The van der Waals surface area contributed by atoms with Crippen LogP contribution >= 0.6 is 11.6 Å². The van der Waals surface area contributed by atoms with Crippen LogP contribution in [0.5, 0.6) is 5.75 Å². The average Bonchev–Trinajstić information content (AvgIpc) is 3.54. The third kappa shape index (κ3) is 9.52. The highest BCUT2D eigenvalue weighted by atomic mass is 35.5. The minimum atomic E-state index is -0.640. The zero-order chi connectivity index (χ0) is 38.7. The number of aryl methyl sites for hydroxylation is 1. The number of esters is 1. The van der Waals surface area contributed by atoms with E-state index in [0.29, 0.717) is 41.4 Å². The molecule has 3 fully saturated rings. The zero-order valence-electron chi connectivity index (χ0n) is 32.3. The van der Waals surface area contributed by atoms with Gasteiger partial charge in [-0.1, -0.05) is 72.2 Å². The molecular weight excluding hydrogens is 694 g/mol. The van der Waals surface area contributed by atoms with Gasteiger partial charge in [-0.2, -0.15) is 5.26 Å². The van der Waals surface area contributed by atoms with Crippen LogP contribution in [0.2, 0.25) is 5.02 Å². The molecule has 0 spiro atoms. The first kappa shape index (κ1) is 40.5. The molecule has 2 aromatic carbocycles. The van der Waals surface area contributed by atoms with Crippen LogP contribution in [0.4, 0.5) is 0 Å². The number of amides is 2. The largest absolute Gasteiger partial charge is 0.489 e. The maximum absolute atomic E-state index is 13.2. The molecule has 2 aliphatic heterocycles. The van der Waals surface area contributed by atoms with Crippen LogP contribution in [0.1, 0.15) is 82.8 Å². The molecule has 0 bridgehead atoms. The number of hydrogen-bond acceptors (Lipinski definition) is 9. The molecule has 2 aromatic rings. The lowest BCUT2D eigenvalue weighted by atomic mass is 9.51. The van der Waals surface area contributed by atoms with E-state index in [4.69, 9.17) is 21.1 Å². The second kappa shape index (κ2) is 16.4. The molecule has 2 amide bonds. The highest BCUT2D eigenvalue weighted by Gasteiger charge is 2.66. The average molecular weight is 750 g/mol. The molecule has 5 rings (SSSR count). The minimum absolute atomic E-state index is 0.128. The van der Waals surface area contributed by atoms with Gasteiger partial charge >= 0.3 is 5.97 Å². The first-order chi connectivity index (χ1) is 24.9. The molecule has 12 heteroatoms. The Labute approximate surface area is 319 Å². The minimum Gasteiger partial charge on any atom is -0.489 e. The molecule has 11 nitrogen and oxygen atoms in total. The Balaban J connectivity index is 1.02. The summed E-state index contributed by atoms with van der Waals surface area (Å²) in [5.74, 6) is -0.0656. The van der Waals surface area contributed by atoms with E-state index in [-0.39, 0.29) is 36.5 Å². The Morgan fingerprint density at radius 2 is 1.62 bits per heavy atom. The number of likely N-dealkylation sites (tertiary alicyclic amines) is 1. The fourth-order valence-electron chi connectivity index (χ4n) is 8.34. The van der Waals surface area contributed by atoms with E-state index in [9.17, 15) is 24.8 Å². The van der Waals surface area contributed by atoms with Gasteiger partial charge in [0.05, 0.1) is 28.8 Å². The van der Waals surface area contributed by atoms with E-state index in [0.717, 1.165) is 51.1 Å². The Morgan fingerprint density at radius 1 is 0.981 bits per heavy atom. The third-order valence-electron chi connectivity index (χ3n) is 11.1. The van der Waals surface area contributed by atoms with Gasteiger partial charge in [-0.3, -0.25) is 14.5 Å². The number of hydrogen-bond donors (Lipinski definition) is 2. The number of nitrogens with one attached hydrogen (secondary N) is 1. The van der Waals surface area contributed by atoms with E-state index >= 15 is 0 Å². The van der Waals surface area contributed by atoms with Crippen molar-refractivity contribution in [2.75, 3.05) is 52.4 Å². The van der Waals surface area contributed by atoms with Crippen LogP contribution < -0.4 is 10.1 Å². The predicted molar refractivity (Wildman–Crippen MR) is 204 cm³/mol. The number of β-amino-alcohol motifs (C(OH)–C–C–N with tert-alkyl or cyclic N) is 1. The summed E-state index contributed by atoms with van der Waals surface area (Å²) in [6.45, 7) is 19.3. The standard InChI is InChI=1S/C41H56ClN5O6/c1-39(2,3)34(35(50)47-18-16-30(48)25-47)44-33(49)26-46-21-19-45(20-22-46)17-8-9-27-10-12-28(13-11-27)36(51)53-38-40(4,5)37(41(38,6)7)52-31-15-14-29(24-43)32(42)23-31/h10-15,23,30,34,37-38,48H,8-9,16-22,25-26H2,1-7H3,(H,44,49)/t30-,34-,37-,38-/m1/s1. The Kier molecular flexibility index (Phi) is 12.5. The summed E-state index contributed by atoms with van der Waals surface area (Å²) >= 11 is 6.22. The monoisotopic (exact) mass is 749 g/mol. The van der Waals surface area contributed by atoms with Crippen LogP contribution in [0, 0.1) is 27.6 Å². The molecule has 0 aromatic heterocycles. The second-order valence-corrected chi connectivity index (χ2v) is 17.6. The number of ether oxygens (including phenoxy) is 2. The maximum atomic E-state index is 13.2. The summed E-state index contributed by atoms with van der Waals surface area (Å²) in [6, 6.07) is 14.1. The van der Waals surface area contributed by atoms with Crippen molar-refractivity contribution in [3.63, 3.8) is 0 Å². The van der Waals surface area contributed by atoms with Crippen molar-refractivity contribution in [2.24, 2.45) is 16.2 Å². The summed E-state index contributed by atoms with van der Waals surface area (Å²) < 4.78 is 12.4. The highest BCUT2D eigenvalue weighted by molar-refractivity contribution is 6.31. The quantitative estimate of drug-likeness (QED) is 0.290. The van der Waals surface area contributed by atoms with Gasteiger partial charge in [0.25, 0.3) is 0 Å². The van der Waals surface area contributed by atoms with Crippen molar-refractivity contribution >= 4 is 29.4 Å². The Hall–Kier alpha value is -3.69. The lowest BCUT2D eigenvalue weighted by molar-refractivity contribution is -0.236. The molecule has 2 atom stereocenters. The van der Waals surface area contributed by atoms with E-state index in [1.807, 2.05) is 72.7 Å². The number of nitriles is 1. The first-order valence-electron chi connectivity index (χ1n) is 18.8. The number of aliphatic hydroxyl groups is 1. The zero-order valence-corrected chi connectivity index (χ0v) is 33.0.